The minimum atomic E-state index is -0.491. The lowest BCUT2D eigenvalue weighted by molar-refractivity contribution is 0.0529. The van der Waals surface area contributed by atoms with Gasteiger partial charge in [-0.15, -0.1) is 35.3 Å². The van der Waals surface area contributed by atoms with E-state index in [9.17, 15) is 4.79 Å². The summed E-state index contributed by atoms with van der Waals surface area (Å²) in [6.07, 6.45) is -0.422. The third kappa shape index (κ3) is 10.1. The third-order valence-corrected chi connectivity index (χ3v) is 3.89. The number of ether oxygens (including phenoxy) is 1. The number of amides is 1. The van der Waals surface area contributed by atoms with Gasteiger partial charge in [0.05, 0.1) is 12.2 Å². The molecule has 150 valence electrons. The summed E-state index contributed by atoms with van der Waals surface area (Å²) in [5.41, 5.74) is 0.662. The van der Waals surface area contributed by atoms with E-state index in [2.05, 4.69) is 52.1 Å². The van der Waals surface area contributed by atoms with Crippen molar-refractivity contribution < 1.29 is 9.53 Å². The number of halogens is 1. The number of nitrogens with zero attached hydrogens (tertiary/aromatic N) is 2. The molecule has 0 spiro atoms. The predicted octanol–water partition coefficient (Wildman–Crippen LogP) is 3.25. The first-order chi connectivity index (χ1) is 11.5. The van der Waals surface area contributed by atoms with Crippen LogP contribution in [-0.2, 0) is 16.7 Å². The molecule has 0 aliphatic carbocycles. The smallest absolute Gasteiger partial charge is 0.407 e. The van der Waals surface area contributed by atoms with Gasteiger partial charge in [-0.3, -0.25) is 4.99 Å². The fourth-order valence-electron chi connectivity index (χ4n) is 1.78. The molecular weight excluding hydrogens is 465 g/mol. The van der Waals surface area contributed by atoms with Gasteiger partial charge in [0.15, 0.2) is 5.96 Å². The highest BCUT2D eigenvalue weighted by Crippen LogP contribution is 2.23. The summed E-state index contributed by atoms with van der Waals surface area (Å²) in [6.45, 7) is 13.6. The van der Waals surface area contributed by atoms with Crippen LogP contribution in [-0.4, -0.2) is 42.8 Å². The molecule has 26 heavy (non-hydrogen) atoms. The molecule has 0 aromatic carbocycles. The molecule has 1 heterocycles. The van der Waals surface area contributed by atoms with Crippen LogP contribution in [0.4, 0.5) is 4.79 Å². The van der Waals surface area contributed by atoms with Crippen molar-refractivity contribution in [2.24, 2.45) is 4.99 Å². The molecular formula is C17H32IN5O2S. The summed E-state index contributed by atoms with van der Waals surface area (Å²) in [4.78, 5) is 20.4. The molecule has 0 saturated carbocycles. The number of aliphatic imine (C=N–C) groups is 1. The van der Waals surface area contributed by atoms with Crippen LogP contribution in [0.5, 0.6) is 0 Å². The van der Waals surface area contributed by atoms with Crippen LogP contribution in [0.2, 0.25) is 0 Å². The normalized spacial score (nSPS) is 12.2. The number of nitrogens with one attached hydrogen (secondary N) is 3. The molecule has 0 bridgehead atoms. The average Bonchev–Trinajstić information content (AvgIpc) is 2.93. The Labute approximate surface area is 177 Å². The quantitative estimate of drug-likeness (QED) is 0.252. The van der Waals surface area contributed by atoms with Gasteiger partial charge in [-0.25, -0.2) is 9.78 Å². The van der Waals surface area contributed by atoms with Crippen LogP contribution in [0.25, 0.3) is 0 Å². The first kappa shape index (κ1) is 24.9. The second-order valence-electron chi connectivity index (χ2n) is 7.66. The second kappa shape index (κ2) is 10.9. The number of rotatable bonds is 5. The SMILES string of the molecule is CN=C(NCCNC(=O)OC(C)(C)C)NCc1nc(C(C)(C)C)cs1.I. The Morgan fingerprint density at radius 1 is 1.15 bits per heavy atom. The van der Waals surface area contributed by atoms with Gasteiger partial charge in [-0.1, -0.05) is 20.8 Å². The Balaban J connectivity index is 0.00000625. The first-order valence-corrected chi connectivity index (χ1v) is 9.25. The van der Waals surface area contributed by atoms with E-state index in [1.165, 1.54) is 0 Å². The summed E-state index contributed by atoms with van der Waals surface area (Å²) in [5.74, 6) is 0.665. The van der Waals surface area contributed by atoms with Crippen molar-refractivity contribution in [3.8, 4) is 0 Å². The Morgan fingerprint density at radius 3 is 2.27 bits per heavy atom. The summed E-state index contributed by atoms with van der Waals surface area (Å²) in [5, 5.41) is 12.2. The summed E-state index contributed by atoms with van der Waals surface area (Å²) >= 11 is 1.64. The number of carbonyl (C=O) groups is 1. The van der Waals surface area contributed by atoms with Gasteiger partial charge >= 0.3 is 6.09 Å². The number of guanidine groups is 1. The van der Waals surface area contributed by atoms with Crippen molar-refractivity contribution in [2.45, 2.75) is 59.1 Å². The van der Waals surface area contributed by atoms with E-state index in [4.69, 9.17) is 4.74 Å². The van der Waals surface area contributed by atoms with Crippen molar-refractivity contribution in [1.29, 1.82) is 0 Å². The Hall–Kier alpha value is -1.10. The maximum Gasteiger partial charge on any atom is 0.407 e. The minimum Gasteiger partial charge on any atom is -0.444 e. The van der Waals surface area contributed by atoms with Crippen LogP contribution in [0.15, 0.2) is 10.4 Å². The zero-order valence-corrected chi connectivity index (χ0v) is 19.9. The third-order valence-electron chi connectivity index (χ3n) is 3.04. The van der Waals surface area contributed by atoms with E-state index < -0.39 is 11.7 Å². The zero-order valence-electron chi connectivity index (χ0n) is 16.7. The van der Waals surface area contributed by atoms with Crippen molar-refractivity contribution in [3.63, 3.8) is 0 Å². The number of hydrogen-bond acceptors (Lipinski definition) is 5. The highest BCUT2D eigenvalue weighted by Gasteiger charge is 2.17. The molecule has 9 heteroatoms. The van der Waals surface area contributed by atoms with E-state index in [1.807, 2.05) is 20.8 Å². The van der Waals surface area contributed by atoms with Crippen molar-refractivity contribution >= 4 is 47.4 Å². The second-order valence-corrected chi connectivity index (χ2v) is 8.60. The molecule has 1 rings (SSSR count). The number of carbonyl (C=O) groups excluding carboxylic acids is 1. The van der Waals surface area contributed by atoms with E-state index in [0.29, 0.717) is 25.6 Å². The van der Waals surface area contributed by atoms with Gasteiger partial charge in [-0.05, 0) is 20.8 Å². The Kier molecular flexibility index (Phi) is 10.4. The summed E-state index contributed by atoms with van der Waals surface area (Å²) in [6, 6.07) is 0. The zero-order chi connectivity index (χ0) is 19.1. The number of hydrogen-bond donors (Lipinski definition) is 3. The van der Waals surface area contributed by atoms with Gasteiger partial charge in [0.1, 0.15) is 10.6 Å². The molecule has 0 atom stereocenters. The first-order valence-electron chi connectivity index (χ1n) is 8.37. The summed E-state index contributed by atoms with van der Waals surface area (Å²) < 4.78 is 5.18. The van der Waals surface area contributed by atoms with E-state index in [0.717, 1.165) is 10.7 Å². The topological polar surface area (TPSA) is 87.6 Å². The van der Waals surface area contributed by atoms with Crippen molar-refractivity contribution in [2.75, 3.05) is 20.1 Å². The number of alkyl carbamates (subject to hydrolysis) is 1. The highest BCUT2D eigenvalue weighted by atomic mass is 127. The van der Waals surface area contributed by atoms with Gasteiger partial charge in [0.2, 0.25) is 0 Å². The van der Waals surface area contributed by atoms with E-state index >= 15 is 0 Å². The fraction of sp³-hybridized carbons (Fsp3) is 0.706. The molecule has 7 nitrogen and oxygen atoms in total. The van der Waals surface area contributed by atoms with Crippen LogP contribution >= 0.6 is 35.3 Å². The maximum absolute atomic E-state index is 11.6. The standard InChI is InChI=1S/C17H31N5O2S.HI/c1-16(2,3)12-11-25-13(22-12)10-21-14(18-7)19-8-9-20-15(23)24-17(4,5)6;/h11H,8-10H2,1-7H3,(H,20,23)(H2,18,19,21);1H. The number of aromatic nitrogens is 1. The molecule has 1 aromatic rings. The van der Waals surface area contributed by atoms with Crippen LogP contribution < -0.4 is 16.0 Å². The molecule has 0 radical (unpaired) electrons. The lowest BCUT2D eigenvalue weighted by atomic mass is 9.93. The van der Waals surface area contributed by atoms with Gasteiger partial charge < -0.3 is 20.7 Å². The lowest BCUT2D eigenvalue weighted by Crippen LogP contribution is -2.42. The van der Waals surface area contributed by atoms with Gasteiger partial charge in [0.25, 0.3) is 0 Å². The van der Waals surface area contributed by atoms with E-state index in [1.54, 1.807) is 18.4 Å². The number of thiazole rings is 1. The van der Waals surface area contributed by atoms with Crippen molar-refractivity contribution in [3.05, 3.63) is 16.1 Å². The van der Waals surface area contributed by atoms with Crippen LogP contribution in [0.3, 0.4) is 0 Å². The molecule has 0 saturated heterocycles. The fourth-order valence-corrected chi connectivity index (χ4v) is 2.74. The monoisotopic (exact) mass is 497 g/mol. The minimum absolute atomic E-state index is 0. The van der Waals surface area contributed by atoms with Gasteiger partial charge in [-0.2, -0.15) is 0 Å². The molecule has 1 amide bonds. The molecule has 0 unspecified atom stereocenters. The predicted molar refractivity (Wildman–Crippen MR) is 119 cm³/mol. The largest absolute Gasteiger partial charge is 0.444 e. The Bertz CT molecular complexity index is 591. The molecule has 1 aromatic heterocycles. The van der Waals surface area contributed by atoms with Gasteiger partial charge in [0, 0.05) is 30.9 Å². The Morgan fingerprint density at radius 2 is 1.77 bits per heavy atom. The van der Waals surface area contributed by atoms with Crippen LogP contribution in [0, 0.1) is 0 Å². The molecule has 3 N–H and O–H groups in total. The maximum atomic E-state index is 11.6. The highest BCUT2D eigenvalue weighted by molar-refractivity contribution is 14.0. The van der Waals surface area contributed by atoms with Crippen molar-refractivity contribution in [1.82, 2.24) is 20.9 Å². The molecule has 0 aliphatic rings. The molecule has 0 fully saturated rings. The van der Waals surface area contributed by atoms with E-state index in [-0.39, 0.29) is 29.4 Å². The van der Waals surface area contributed by atoms with Crippen LogP contribution in [0.1, 0.15) is 52.2 Å². The average molecular weight is 497 g/mol. The molecule has 0 aliphatic heterocycles. The summed E-state index contributed by atoms with van der Waals surface area (Å²) in [7, 11) is 1.71. The lowest BCUT2D eigenvalue weighted by Gasteiger charge is -2.19.